The standard InChI is InChI=1S/C13H28O4SSi/c1-8-9-12(10-16-18(5,14)15)11-17-19(6,7)13(2,3)4/h8,12H,1,9-11H2,2-7H3/t12-/m0/s1. The molecule has 0 heterocycles. The molecular weight excluding hydrogens is 280 g/mol. The summed E-state index contributed by atoms with van der Waals surface area (Å²) in [4.78, 5) is 0. The van der Waals surface area contributed by atoms with Gasteiger partial charge in [-0.25, -0.2) is 0 Å². The van der Waals surface area contributed by atoms with Crippen LogP contribution in [0.4, 0.5) is 0 Å². The Morgan fingerprint density at radius 3 is 2.16 bits per heavy atom. The van der Waals surface area contributed by atoms with Crippen LogP contribution in [0.15, 0.2) is 12.7 Å². The Labute approximate surface area is 119 Å². The molecule has 1 atom stereocenters. The van der Waals surface area contributed by atoms with Crippen LogP contribution < -0.4 is 0 Å². The SMILES string of the molecule is C=CC[C@H](CO[Si](C)(C)C(C)(C)C)COS(C)(=O)=O. The van der Waals surface area contributed by atoms with Crippen LogP contribution in [0.1, 0.15) is 27.2 Å². The lowest BCUT2D eigenvalue weighted by atomic mass is 10.1. The Morgan fingerprint density at radius 1 is 1.26 bits per heavy atom. The van der Waals surface area contributed by atoms with Crippen molar-refractivity contribution in [1.82, 2.24) is 0 Å². The molecule has 4 nitrogen and oxygen atoms in total. The first kappa shape index (κ1) is 18.8. The van der Waals surface area contributed by atoms with E-state index < -0.39 is 18.4 Å². The predicted molar refractivity (Wildman–Crippen MR) is 82.2 cm³/mol. The van der Waals surface area contributed by atoms with Gasteiger partial charge in [0.15, 0.2) is 8.32 Å². The second kappa shape index (κ2) is 7.01. The first-order chi connectivity index (χ1) is 8.39. The lowest BCUT2D eigenvalue weighted by molar-refractivity contribution is 0.172. The maximum Gasteiger partial charge on any atom is 0.264 e. The van der Waals surface area contributed by atoms with Gasteiger partial charge in [-0.2, -0.15) is 8.42 Å². The predicted octanol–water partition coefficient (Wildman–Crippen LogP) is 3.18. The second-order valence-electron chi connectivity index (χ2n) is 6.45. The quantitative estimate of drug-likeness (QED) is 0.392. The fourth-order valence-electron chi connectivity index (χ4n) is 1.18. The number of hydrogen-bond donors (Lipinski definition) is 0. The summed E-state index contributed by atoms with van der Waals surface area (Å²) in [5, 5.41) is 0.142. The molecule has 19 heavy (non-hydrogen) atoms. The summed E-state index contributed by atoms with van der Waals surface area (Å²) in [6.07, 6.45) is 3.52. The van der Waals surface area contributed by atoms with Gasteiger partial charge in [0.2, 0.25) is 0 Å². The van der Waals surface area contributed by atoms with Crippen molar-refractivity contribution >= 4 is 18.4 Å². The zero-order valence-corrected chi connectivity index (χ0v) is 14.8. The molecule has 0 aliphatic carbocycles. The lowest BCUT2D eigenvalue weighted by Crippen LogP contribution is -2.42. The molecule has 0 N–H and O–H groups in total. The van der Waals surface area contributed by atoms with E-state index in [0.717, 1.165) is 6.26 Å². The molecule has 0 aromatic heterocycles. The molecule has 0 aromatic carbocycles. The van der Waals surface area contributed by atoms with Gasteiger partial charge in [-0.05, 0) is 24.6 Å². The highest BCUT2D eigenvalue weighted by Crippen LogP contribution is 2.36. The highest BCUT2D eigenvalue weighted by molar-refractivity contribution is 7.85. The van der Waals surface area contributed by atoms with Crippen LogP contribution >= 0.6 is 0 Å². The molecule has 6 heteroatoms. The molecule has 0 aliphatic heterocycles. The summed E-state index contributed by atoms with van der Waals surface area (Å²) in [5.41, 5.74) is 0. The molecule has 0 radical (unpaired) electrons. The molecule has 0 saturated carbocycles. The first-order valence-corrected chi connectivity index (χ1v) is 11.2. The van der Waals surface area contributed by atoms with E-state index in [4.69, 9.17) is 8.61 Å². The Kier molecular flexibility index (Phi) is 6.95. The van der Waals surface area contributed by atoms with Gasteiger partial charge in [0.25, 0.3) is 10.1 Å². The van der Waals surface area contributed by atoms with E-state index in [1.165, 1.54) is 0 Å². The summed E-state index contributed by atoms with van der Waals surface area (Å²) in [5.74, 6) is 0.0290. The van der Waals surface area contributed by atoms with Gasteiger partial charge in [-0.1, -0.05) is 26.8 Å². The molecular formula is C13H28O4SSi. The zero-order valence-electron chi connectivity index (χ0n) is 13.0. The third-order valence-corrected chi connectivity index (χ3v) is 8.57. The van der Waals surface area contributed by atoms with Crippen molar-refractivity contribution in [2.75, 3.05) is 19.5 Å². The summed E-state index contributed by atoms with van der Waals surface area (Å²) in [6, 6.07) is 0. The number of rotatable bonds is 8. The van der Waals surface area contributed by atoms with E-state index >= 15 is 0 Å². The van der Waals surface area contributed by atoms with Gasteiger partial charge in [0, 0.05) is 12.5 Å². The van der Waals surface area contributed by atoms with Crippen LogP contribution in [-0.2, 0) is 18.7 Å². The Hall–Kier alpha value is -0.173. The first-order valence-electron chi connectivity index (χ1n) is 6.48. The highest BCUT2D eigenvalue weighted by Gasteiger charge is 2.37. The van der Waals surface area contributed by atoms with Crippen LogP contribution in [0.2, 0.25) is 18.1 Å². The van der Waals surface area contributed by atoms with Crippen LogP contribution in [0.3, 0.4) is 0 Å². The van der Waals surface area contributed by atoms with Crippen molar-refractivity contribution < 1.29 is 17.0 Å². The smallest absolute Gasteiger partial charge is 0.264 e. The topological polar surface area (TPSA) is 52.6 Å². The summed E-state index contributed by atoms with van der Waals surface area (Å²) in [7, 11) is -5.21. The molecule has 0 bridgehead atoms. The van der Waals surface area contributed by atoms with Gasteiger partial charge in [0.1, 0.15) is 0 Å². The minimum Gasteiger partial charge on any atom is -0.416 e. The van der Waals surface area contributed by atoms with Gasteiger partial charge in [-0.3, -0.25) is 4.18 Å². The third kappa shape index (κ3) is 7.87. The number of allylic oxidation sites excluding steroid dienone is 1. The normalized spacial score (nSPS) is 15.3. The van der Waals surface area contributed by atoms with Crippen LogP contribution in [0.5, 0.6) is 0 Å². The van der Waals surface area contributed by atoms with Crippen LogP contribution in [0, 0.1) is 5.92 Å². The average Bonchev–Trinajstić information content (AvgIpc) is 2.19. The largest absolute Gasteiger partial charge is 0.416 e. The molecule has 0 unspecified atom stereocenters. The van der Waals surface area contributed by atoms with Crippen LogP contribution in [-0.4, -0.2) is 36.2 Å². The Bertz CT molecular complexity index is 382. The minimum absolute atomic E-state index is 0.0290. The maximum atomic E-state index is 11.0. The van der Waals surface area contributed by atoms with Crippen molar-refractivity contribution in [3.8, 4) is 0 Å². The van der Waals surface area contributed by atoms with Crippen molar-refractivity contribution in [3.05, 3.63) is 12.7 Å². The lowest BCUT2D eigenvalue weighted by Gasteiger charge is -2.37. The van der Waals surface area contributed by atoms with E-state index in [1.807, 2.05) is 0 Å². The van der Waals surface area contributed by atoms with Crippen molar-refractivity contribution in [1.29, 1.82) is 0 Å². The third-order valence-electron chi connectivity index (χ3n) is 3.50. The molecule has 114 valence electrons. The van der Waals surface area contributed by atoms with Crippen molar-refractivity contribution in [3.63, 3.8) is 0 Å². The molecule has 0 aromatic rings. The van der Waals surface area contributed by atoms with Gasteiger partial charge in [0.05, 0.1) is 12.9 Å². The minimum atomic E-state index is -3.40. The van der Waals surface area contributed by atoms with Gasteiger partial charge < -0.3 is 4.43 Å². The van der Waals surface area contributed by atoms with E-state index in [-0.39, 0.29) is 17.6 Å². The van der Waals surface area contributed by atoms with Gasteiger partial charge in [-0.15, -0.1) is 6.58 Å². The molecule has 0 fully saturated rings. The van der Waals surface area contributed by atoms with E-state index in [9.17, 15) is 8.42 Å². The number of hydrogen-bond acceptors (Lipinski definition) is 4. The fourth-order valence-corrected chi connectivity index (χ4v) is 2.71. The highest BCUT2D eigenvalue weighted by atomic mass is 32.2. The molecule has 0 rings (SSSR count). The fraction of sp³-hybridized carbons (Fsp3) is 0.846. The Balaban J connectivity index is 4.48. The van der Waals surface area contributed by atoms with Gasteiger partial charge >= 0.3 is 0 Å². The van der Waals surface area contributed by atoms with Crippen molar-refractivity contribution in [2.45, 2.75) is 45.3 Å². The van der Waals surface area contributed by atoms with E-state index in [0.29, 0.717) is 13.0 Å². The maximum absolute atomic E-state index is 11.0. The molecule has 0 saturated heterocycles. The van der Waals surface area contributed by atoms with Crippen LogP contribution in [0.25, 0.3) is 0 Å². The zero-order chi connectivity index (χ0) is 15.3. The average molecular weight is 309 g/mol. The molecule has 0 spiro atoms. The monoisotopic (exact) mass is 308 g/mol. The van der Waals surface area contributed by atoms with E-state index in [2.05, 4.69) is 40.4 Å². The van der Waals surface area contributed by atoms with Crippen molar-refractivity contribution in [2.24, 2.45) is 5.92 Å². The summed E-state index contributed by atoms with van der Waals surface area (Å²) in [6.45, 7) is 15.2. The summed E-state index contributed by atoms with van der Waals surface area (Å²) < 4.78 is 33.0. The van der Waals surface area contributed by atoms with E-state index in [1.54, 1.807) is 6.08 Å². The molecule has 0 aliphatic rings. The second-order valence-corrected chi connectivity index (χ2v) is 12.9. The molecule has 0 amide bonds. The Morgan fingerprint density at radius 2 is 1.79 bits per heavy atom. The summed E-state index contributed by atoms with van der Waals surface area (Å²) >= 11 is 0.